The van der Waals surface area contributed by atoms with E-state index in [0.29, 0.717) is 37.2 Å². The summed E-state index contributed by atoms with van der Waals surface area (Å²) in [5.74, 6) is 2.02. The number of benzene rings is 1. The van der Waals surface area contributed by atoms with Gasteiger partial charge in [0.2, 0.25) is 5.89 Å². The highest BCUT2D eigenvalue weighted by molar-refractivity contribution is 6.06. The Hall–Kier alpha value is -2.71. The van der Waals surface area contributed by atoms with E-state index in [4.69, 9.17) is 14.0 Å². The number of carbonyl (C=O) groups excluding carboxylic acids is 1. The van der Waals surface area contributed by atoms with Crippen LogP contribution >= 0.6 is 0 Å². The van der Waals surface area contributed by atoms with E-state index in [1.807, 2.05) is 35.4 Å². The number of hydrogen-bond acceptors (Lipinski definition) is 6. The molecule has 1 atom stereocenters. The Bertz CT molecular complexity index is 1040. The van der Waals surface area contributed by atoms with Crippen LogP contribution in [0.15, 0.2) is 35.0 Å². The molecule has 32 heavy (non-hydrogen) atoms. The molecule has 2 aliphatic rings. The predicted octanol–water partition coefficient (Wildman–Crippen LogP) is 3.56. The third-order valence-corrected chi connectivity index (χ3v) is 6.53. The molecule has 5 rings (SSSR count). The molecule has 4 heterocycles. The van der Waals surface area contributed by atoms with E-state index < -0.39 is 0 Å². The van der Waals surface area contributed by atoms with Crippen LogP contribution in [0.4, 0.5) is 0 Å². The van der Waals surface area contributed by atoms with Gasteiger partial charge in [0.25, 0.3) is 5.91 Å². The summed E-state index contributed by atoms with van der Waals surface area (Å²) in [5.41, 5.74) is 1.71. The lowest BCUT2D eigenvalue weighted by Gasteiger charge is -2.31. The minimum atomic E-state index is 0.0566. The van der Waals surface area contributed by atoms with Gasteiger partial charge >= 0.3 is 0 Å². The number of hydrogen-bond donors (Lipinski definition) is 1. The molecular weight excluding hydrogens is 408 g/mol. The normalized spacial score (nSPS) is 20.1. The molecule has 0 radical (unpaired) electrons. The van der Waals surface area contributed by atoms with Crippen molar-refractivity contribution in [3.63, 3.8) is 0 Å². The van der Waals surface area contributed by atoms with Crippen molar-refractivity contribution in [3.05, 3.63) is 47.7 Å². The smallest absolute Gasteiger partial charge is 0.254 e. The Morgan fingerprint density at radius 1 is 1.22 bits per heavy atom. The summed E-state index contributed by atoms with van der Waals surface area (Å²) in [6.07, 6.45) is 6.51. The molecule has 0 saturated carbocycles. The maximum atomic E-state index is 13.2. The van der Waals surface area contributed by atoms with Crippen LogP contribution in [0.3, 0.4) is 0 Å². The highest BCUT2D eigenvalue weighted by Crippen LogP contribution is 2.28. The van der Waals surface area contributed by atoms with E-state index in [2.05, 4.69) is 15.1 Å². The summed E-state index contributed by atoms with van der Waals surface area (Å²) in [6.45, 7) is 4.37. The number of likely N-dealkylation sites (tertiary alicyclic amines) is 1. The molecule has 1 amide bonds. The van der Waals surface area contributed by atoms with E-state index in [1.54, 1.807) is 0 Å². The SMILES string of the molecule is O=C(c1cccc2[nH]ccc12)N1CCCC(c2nc(CCOCC3CCOCC3)no2)C1. The van der Waals surface area contributed by atoms with Gasteiger partial charge in [-0.1, -0.05) is 11.2 Å². The van der Waals surface area contributed by atoms with Gasteiger partial charge in [0.05, 0.1) is 12.5 Å². The number of H-pyrrole nitrogens is 1. The molecule has 2 saturated heterocycles. The predicted molar refractivity (Wildman–Crippen MR) is 119 cm³/mol. The monoisotopic (exact) mass is 438 g/mol. The van der Waals surface area contributed by atoms with Crippen LogP contribution in [0, 0.1) is 5.92 Å². The summed E-state index contributed by atoms with van der Waals surface area (Å²) in [5, 5.41) is 5.10. The standard InChI is InChI=1S/C24H30N4O4/c29-24(20-4-1-5-21-19(20)6-10-25-21)28-11-2-3-18(15-28)23-26-22(27-32-23)9-14-31-16-17-7-12-30-13-8-17/h1,4-6,10,17-18,25H,2-3,7-9,11-16H2. The van der Waals surface area contributed by atoms with Crippen molar-refractivity contribution in [1.29, 1.82) is 0 Å². The van der Waals surface area contributed by atoms with Crippen LogP contribution in [0.1, 0.15) is 53.7 Å². The molecule has 170 valence electrons. The fraction of sp³-hybridized carbons (Fsp3) is 0.542. The highest BCUT2D eigenvalue weighted by Gasteiger charge is 2.29. The second-order valence-corrected chi connectivity index (χ2v) is 8.76. The van der Waals surface area contributed by atoms with Gasteiger partial charge in [-0.25, -0.2) is 0 Å². The van der Waals surface area contributed by atoms with Crippen molar-refractivity contribution in [2.75, 3.05) is 39.5 Å². The number of piperidine rings is 1. The van der Waals surface area contributed by atoms with Crippen molar-refractivity contribution in [2.45, 2.75) is 38.0 Å². The lowest BCUT2D eigenvalue weighted by atomic mass is 9.97. The van der Waals surface area contributed by atoms with Gasteiger partial charge in [0.15, 0.2) is 5.82 Å². The molecule has 0 aliphatic carbocycles. The van der Waals surface area contributed by atoms with E-state index in [9.17, 15) is 4.79 Å². The van der Waals surface area contributed by atoms with Crippen LogP contribution in [-0.2, 0) is 15.9 Å². The number of fused-ring (bicyclic) bond motifs is 1. The maximum Gasteiger partial charge on any atom is 0.254 e. The van der Waals surface area contributed by atoms with Crippen molar-refractivity contribution in [1.82, 2.24) is 20.0 Å². The van der Waals surface area contributed by atoms with E-state index in [0.717, 1.165) is 68.5 Å². The van der Waals surface area contributed by atoms with Crippen molar-refractivity contribution < 1.29 is 18.8 Å². The average molecular weight is 439 g/mol. The molecule has 8 nitrogen and oxygen atoms in total. The number of aromatic nitrogens is 3. The van der Waals surface area contributed by atoms with Crippen molar-refractivity contribution in [2.24, 2.45) is 5.92 Å². The Morgan fingerprint density at radius 2 is 2.12 bits per heavy atom. The van der Waals surface area contributed by atoms with Crippen LogP contribution in [0.5, 0.6) is 0 Å². The van der Waals surface area contributed by atoms with Crippen molar-refractivity contribution >= 4 is 16.8 Å². The summed E-state index contributed by atoms with van der Waals surface area (Å²) in [6, 6.07) is 7.76. The van der Waals surface area contributed by atoms with Gasteiger partial charge in [-0.05, 0) is 49.8 Å². The lowest BCUT2D eigenvalue weighted by Crippen LogP contribution is -2.39. The van der Waals surface area contributed by atoms with Gasteiger partial charge in [-0.2, -0.15) is 4.98 Å². The zero-order chi connectivity index (χ0) is 21.8. The van der Waals surface area contributed by atoms with Gasteiger partial charge < -0.3 is 23.9 Å². The molecule has 2 aromatic heterocycles. The quantitative estimate of drug-likeness (QED) is 0.567. The van der Waals surface area contributed by atoms with Crippen LogP contribution < -0.4 is 0 Å². The molecule has 0 bridgehead atoms. The molecule has 0 spiro atoms. The first-order valence-corrected chi connectivity index (χ1v) is 11.6. The van der Waals surface area contributed by atoms with Crippen molar-refractivity contribution in [3.8, 4) is 0 Å². The van der Waals surface area contributed by atoms with E-state index in [-0.39, 0.29) is 11.8 Å². The molecule has 8 heteroatoms. The number of amides is 1. The number of aromatic amines is 1. The summed E-state index contributed by atoms with van der Waals surface area (Å²) in [4.78, 5) is 22.9. The van der Waals surface area contributed by atoms with Crippen LogP contribution in [-0.4, -0.2) is 65.4 Å². The second kappa shape index (κ2) is 9.83. The molecule has 1 N–H and O–H groups in total. The number of nitrogens with zero attached hydrogens (tertiary/aromatic N) is 3. The zero-order valence-electron chi connectivity index (χ0n) is 18.3. The van der Waals surface area contributed by atoms with Gasteiger partial charge in [-0.15, -0.1) is 0 Å². The van der Waals surface area contributed by atoms with Gasteiger partial charge in [-0.3, -0.25) is 4.79 Å². The number of ether oxygens (including phenoxy) is 2. The third kappa shape index (κ3) is 4.71. The molecule has 2 aliphatic heterocycles. The third-order valence-electron chi connectivity index (χ3n) is 6.53. The minimum absolute atomic E-state index is 0.0566. The number of carbonyl (C=O) groups is 1. The second-order valence-electron chi connectivity index (χ2n) is 8.76. The van der Waals surface area contributed by atoms with E-state index in [1.165, 1.54) is 0 Å². The topological polar surface area (TPSA) is 93.5 Å². The first-order chi connectivity index (χ1) is 15.8. The van der Waals surface area contributed by atoms with E-state index >= 15 is 0 Å². The lowest BCUT2D eigenvalue weighted by molar-refractivity contribution is 0.0211. The Morgan fingerprint density at radius 3 is 3.03 bits per heavy atom. The molecule has 2 fully saturated rings. The van der Waals surface area contributed by atoms with Gasteiger partial charge in [0, 0.05) is 62.0 Å². The number of nitrogens with one attached hydrogen (secondary N) is 1. The zero-order valence-corrected chi connectivity index (χ0v) is 18.3. The Kier molecular flexibility index (Phi) is 6.50. The molecule has 1 aromatic carbocycles. The fourth-order valence-corrected chi connectivity index (χ4v) is 4.67. The number of rotatable bonds is 7. The summed E-state index contributed by atoms with van der Waals surface area (Å²) >= 11 is 0. The highest BCUT2D eigenvalue weighted by atomic mass is 16.5. The Balaban J connectivity index is 1.16. The maximum absolute atomic E-state index is 13.2. The van der Waals surface area contributed by atoms with Crippen LogP contribution in [0.2, 0.25) is 0 Å². The molecular formula is C24H30N4O4. The Labute approximate surface area is 187 Å². The summed E-state index contributed by atoms with van der Waals surface area (Å²) in [7, 11) is 0. The largest absolute Gasteiger partial charge is 0.381 e. The minimum Gasteiger partial charge on any atom is -0.381 e. The van der Waals surface area contributed by atoms with Crippen LogP contribution in [0.25, 0.3) is 10.9 Å². The fourth-order valence-electron chi connectivity index (χ4n) is 4.67. The van der Waals surface area contributed by atoms with Gasteiger partial charge in [0.1, 0.15) is 0 Å². The first kappa shape index (κ1) is 21.2. The summed E-state index contributed by atoms with van der Waals surface area (Å²) < 4.78 is 16.8. The molecule has 3 aromatic rings. The molecule has 1 unspecified atom stereocenters. The first-order valence-electron chi connectivity index (χ1n) is 11.6. The average Bonchev–Trinajstić information content (AvgIpc) is 3.52.